The van der Waals surface area contributed by atoms with Gasteiger partial charge in [-0.05, 0) is 25.3 Å². The molecule has 0 aromatic carbocycles. The molecule has 0 spiro atoms. The monoisotopic (exact) mass is 310 g/mol. The van der Waals surface area contributed by atoms with Gasteiger partial charge in [-0.25, -0.2) is 9.97 Å². The molecule has 1 saturated heterocycles. The van der Waals surface area contributed by atoms with Gasteiger partial charge in [-0.3, -0.25) is 14.9 Å². The average Bonchev–Trinajstić information content (AvgIpc) is 3.35. The summed E-state index contributed by atoms with van der Waals surface area (Å²) in [5.41, 5.74) is 1.04. The quantitative estimate of drug-likeness (QED) is 0.840. The molecule has 1 atom stereocenters. The fraction of sp³-hybridized carbons (Fsp3) is 0.529. The number of anilines is 1. The lowest BCUT2D eigenvalue weighted by atomic mass is 10.2. The molecule has 120 valence electrons. The lowest BCUT2D eigenvalue weighted by Crippen LogP contribution is -2.35. The van der Waals surface area contributed by atoms with Crippen molar-refractivity contribution < 1.29 is 0 Å². The predicted molar refractivity (Wildman–Crippen MR) is 88.1 cm³/mol. The minimum absolute atomic E-state index is 0.494. The minimum Gasteiger partial charge on any atom is -0.355 e. The van der Waals surface area contributed by atoms with Crippen LogP contribution in [-0.4, -0.2) is 51.0 Å². The zero-order valence-electron chi connectivity index (χ0n) is 13.5. The molecule has 0 radical (unpaired) electrons. The van der Waals surface area contributed by atoms with Crippen LogP contribution in [-0.2, 0) is 6.54 Å². The largest absolute Gasteiger partial charge is 0.355 e. The van der Waals surface area contributed by atoms with Gasteiger partial charge in [-0.1, -0.05) is 0 Å². The van der Waals surface area contributed by atoms with Crippen molar-refractivity contribution in [1.29, 1.82) is 0 Å². The lowest BCUT2D eigenvalue weighted by Gasteiger charge is -2.26. The third-order valence-electron chi connectivity index (χ3n) is 4.76. The Labute approximate surface area is 136 Å². The van der Waals surface area contributed by atoms with Crippen LogP contribution in [0.15, 0.2) is 30.9 Å². The Morgan fingerprint density at radius 1 is 1.17 bits per heavy atom. The lowest BCUT2D eigenvalue weighted by molar-refractivity contribution is 0.321. The molecule has 6 heteroatoms. The van der Waals surface area contributed by atoms with Crippen LogP contribution in [0.1, 0.15) is 36.7 Å². The zero-order valence-corrected chi connectivity index (χ0v) is 13.5. The normalized spacial score (nSPS) is 21.5. The van der Waals surface area contributed by atoms with Crippen LogP contribution < -0.4 is 4.90 Å². The highest BCUT2D eigenvalue weighted by molar-refractivity contribution is 5.39. The number of likely N-dealkylation sites (N-methyl/N-ethyl adjacent to an activating group) is 1. The summed E-state index contributed by atoms with van der Waals surface area (Å²) in [7, 11) is 2.15. The fourth-order valence-electron chi connectivity index (χ4n) is 3.20. The van der Waals surface area contributed by atoms with Gasteiger partial charge in [0.1, 0.15) is 11.6 Å². The van der Waals surface area contributed by atoms with Crippen LogP contribution in [0.3, 0.4) is 0 Å². The number of rotatable bonds is 5. The first kappa shape index (κ1) is 14.5. The molecular formula is C17H22N6. The van der Waals surface area contributed by atoms with E-state index in [0.29, 0.717) is 12.0 Å². The summed E-state index contributed by atoms with van der Waals surface area (Å²) in [6, 6.07) is 2.52. The third kappa shape index (κ3) is 3.32. The first-order valence-corrected chi connectivity index (χ1v) is 8.32. The summed E-state index contributed by atoms with van der Waals surface area (Å²) in [5.74, 6) is 2.66. The first-order valence-electron chi connectivity index (χ1n) is 8.32. The standard InChI is InChI=1S/C17H22N6/c1-22(16-4-6-20-17(21-16)13-2-3-13)15-5-9-23(12-15)11-14-10-18-7-8-19-14/h4,6-8,10,13,15H,2-3,5,9,11-12H2,1H3. The third-order valence-corrected chi connectivity index (χ3v) is 4.76. The van der Waals surface area contributed by atoms with E-state index in [1.54, 1.807) is 12.4 Å². The van der Waals surface area contributed by atoms with Crippen molar-refractivity contribution in [3.8, 4) is 0 Å². The Morgan fingerprint density at radius 3 is 2.87 bits per heavy atom. The van der Waals surface area contributed by atoms with E-state index in [1.807, 2.05) is 18.5 Å². The maximum Gasteiger partial charge on any atom is 0.133 e. The smallest absolute Gasteiger partial charge is 0.133 e. The summed E-state index contributed by atoms with van der Waals surface area (Å²) >= 11 is 0. The van der Waals surface area contributed by atoms with Gasteiger partial charge >= 0.3 is 0 Å². The van der Waals surface area contributed by atoms with Crippen molar-refractivity contribution in [2.45, 2.75) is 37.8 Å². The topological polar surface area (TPSA) is 58.0 Å². The molecule has 0 N–H and O–H groups in total. The Kier molecular flexibility index (Phi) is 3.91. The molecule has 1 unspecified atom stereocenters. The molecule has 4 rings (SSSR count). The SMILES string of the molecule is CN(c1ccnc(C2CC2)n1)C1CCN(Cc2cnccn2)C1. The van der Waals surface area contributed by atoms with Crippen molar-refractivity contribution in [3.63, 3.8) is 0 Å². The Bertz CT molecular complexity index is 657. The molecule has 6 nitrogen and oxygen atoms in total. The molecule has 0 bridgehead atoms. The van der Waals surface area contributed by atoms with Gasteiger partial charge in [0.25, 0.3) is 0 Å². The second-order valence-corrected chi connectivity index (χ2v) is 6.53. The molecule has 3 heterocycles. The molecule has 1 aliphatic carbocycles. The first-order chi connectivity index (χ1) is 11.3. The molecule has 1 saturated carbocycles. The molecule has 2 aromatic heterocycles. The summed E-state index contributed by atoms with van der Waals surface area (Å²) in [6.45, 7) is 3.00. The van der Waals surface area contributed by atoms with Gasteiger partial charge in [0.2, 0.25) is 0 Å². The summed E-state index contributed by atoms with van der Waals surface area (Å²) < 4.78 is 0. The molecule has 1 aliphatic heterocycles. The van der Waals surface area contributed by atoms with E-state index in [4.69, 9.17) is 4.98 Å². The van der Waals surface area contributed by atoms with Gasteiger partial charge in [-0.2, -0.15) is 0 Å². The van der Waals surface area contributed by atoms with Gasteiger partial charge in [0, 0.05) is 63.4 Å². The Morgan fingerprint density at radius 2 is 2.09 bits per heavy atom. The summed E-state index contributed by atoms with van der Waals surface area (Å²) in [4.78, 5) is 22.4. The van der Waals surface area contributed by atoms with Crippen LogP contribution >= 0.6 is 0 Å². The van der Waals surface area contributed by atoms with Crippen molar-refractivity contribution in [2.75, 3.05) is 25.0 Å². The predicted octanol–water partition coefficient (Wildman–Crippen LogP) is 1.85. The maximum atomic E-state index is 4.76. The van der Waals surface area contributed by atoms with Gasteiger partial charge in [0.15, 0.2) is 0 Å². The fourth-order valence-corrected chi connectivity index (χ4v) is 3.20. The van der Waals surface area contributed by atoms with Crippen LogP contribution in [0, 0.1) is 0 Å². The van der Waals surface area contributed by atoms with Crippen molar-refractivity contribution in [2.24, 2.45) is 0 Å². The van der Waals surface area contributed by atoms with E-state index in [0.717, 1.165) is 43.4 Å². The number of hydrogen-bond acceptors (Lipinski definition) is 6. The van der Waals surface area contributed by atoms with Crippen LogP contribution in [0.5, 0.6) is 0 Å². The van der Waals surface area contributed by atoms with Crippen LogP contribution in [0.4, 0.5) is 5.82 Å². The van der Waals surface area contributed by atoms with E-state index in [-0.39, 0.29) is 0 Å². The average molecular weight is 310 g/mol. The Hall–Kier alpha value is -2.08. The van der Waals surface area contributed by atoms with Crippen molar-refractivity contribution >= 4 is 5.82 Å². The van der Waals surface area contributed by atoms with Gasteiger partial charge in [0.05, 0.1) is 5.69 Å². The maximum absolute atomic E-state index is 4.76. The highest BCUT2D eigenvalue weighted by Crippen LogP contribution is 2.38. The zero-order chi connectivity index (χ0) is 15.6. The molecule has 2 aromatic rings. The van der Waals surface area contributed by atoms with Crippen molar-refractivity contribution in [3.05, 3.63) is 42.4 Å². The van der Waals surface area contributed by atoms with E-state index in [1.165, 1.54) is 12.8 Å². The number of hydrogen-bond donors (Lipinski definition) is 0. The van der Waals surface area contributed by atoms with Crippen molar-refractivity contribution in [1.82, 2.24) is 24.8 Å². The molecule has 23 heavy (non-hydrogen) atoms. The van der Waals surface area contributed by atoms with Crippen LogP contribution in [0.25, 0.3) is 0 Å². The Balaban J connectivity index is 1.39. The van der Waals surface area contributed by atoms with E-state index in [9.17, 15) is 0 Å². The molecular weight excluding hydrogens is 288 g/mol. The van der Waals surface area contributed by atoms with E-state index in [2.05, 4.69) is 31.8 Å². The second kappa shape index (κ2) is 6.20. The van der Waals surface area contributed by atoms with Gasteiger partial charge in [-0.15, -0.1) is 0 Å². The number of aromatic nitrogens is 4. The summed E-state index contributed by atoms with van der Waals surface area (Å²) in [5, 5.41) is 0. The van der Waals surface area contributed by atoms with Crippen LogP contribution in [0.2, 0.25) is 0 Å². The highest BCUT2D eigenvalue weighted by atomic mass is 15.3. The highest BCUT2D eigenvalue weighted by Gasteiger charge is 2.29. The number of nitrogens with zero attached hydrogens (tertiary/aromatic N) is 6. The summed E-state index contributed by atoms with van der Waals surface area (Å²) in [6.07, 6.45) is 10.9. The number of likely N-dealkylation sites (tertiary alicyclic amines) is 1. The molecule has 2 fully saturated rings. The van der Waals surface area contributed by atoms with E-state index < -0.39 is 0 Å². The second-order valence-electron chi connectivity index (χ2n) is 6.53. The minimum atomic E-state index is 0.494. The molecule has 0 amide bonds. The van der Waals surface area contributed by atoms with Gasteiger partial charge < -0.3 is 4.90 Å². The van der Waals surface area contributed by atoms with E-state index >= 15 is 0 Å². The molecule has 2 aliphatic rings.